The minimum atomic E-state index is -0.500. The Morgan fingerprint density at radius 2 is 1.66 bits per heavy atom. The van der Waals surface area contributed by atoms with Crippen molar-refractivity contribution in [2.45, 2.75) is 32.9 Å². The van der Waals surface area contributed by atoms with Crippen LogP contribution in [0.5, 0.6) is 5.75 Å². The van der Waals surface area contributed by atoms with Gasteiger partial charge in [0, 0.05) is 26.7 Å². The number of rotatable bonds is 6. The molecule has 2 aromatic carbocycles. The Morgan fingerprint density at radius 3 is 2.31 bits per heavy atom. The maximum atomic E-state index is 11.6. The first kappa shape index (κ1) is 24.8. The van der Waals surface area contributed by atoms with Crippen molar-refractivity contribution in [1.82, 2.24) is 16.0 Å². The van der Waals surface area contributed by atoms with E-state index in [1.54, 1.807) is 14.2 Å². The van der Waals surface area contributed by atoms with Crippen LogP contribution in [0, 0.1) is 0 Å². The molecule has 0 spiro atoms. The third-order valence-corrected chi connectivity index (χ3v) is 3.88. The normalized spacial score (nSPS) is 11.4. The van der Waals surface area contributed by atoms with Gasteiger partial charge in [-0.05, 0) is 55.3 Å². The molecule has 0 bridgehead atoms. The fourth-order valence-corrected chi connectivity index (χ4v) is 2.58. The third kappa shape index (κ3) is 8.76. The SMILES string of the molecule is CN=C(NCCNC(=O)OC(C)(C)C)NCc1ccc2cc(OC)ccc2c1.I. The lowest BCUT2D eigenvalue weighted by Gasteiger charge is -2.20. The number of fused-ring (bicyclic) bond motifs is 1. The number of hydrogen-bond acceptors (Lipinski definition) is 4. The molecule has 0 aliphatic heterocycles. The van der Waals surface area contributed by atoms with Crippen LogP contribution in [0.2, 0.25) is 0 Å². The number of methoxy groups -OCH3 is 1. The summed E-state index contributed by atoms with van der Waals surface area (Å²) in [4.78, 5) is 15.8. The number of nitrogens with one attached hydrogen (secondary N) is 3. The Kier molecular flexibility index (Phi) is 10.0. The smallest absolute Gasteiger partial charge is 0.407 e. The Balaban J connectivity index is 0.00000420. The van der Waals surface area contributed by atoms with Crippen molar-refractivity contribution in [1.29, 1.82) is 0 Å². The van der Waals surface area contributed by atoms with Gasteiger partial charge in [0.15, 0.2) is 5.96 Å². The summed E-state index contributed by atoms with van der Waals surface area (Å²) in [7, 11) is 3.38. The number of ether oxygens (including phenoxy) is 2. The number of halogens is 1. The van der Waals surface area contributed by atoms with Crippen molar-refractivity contribution in [3.63, 3.8) is 0 Å². The number of aliphatic imine (C=N–C) groups is 1. The molecule has 160 valence electrons. The van der Waals surface area contributed by atoms with Gasteiger partial charge in [-0.3, -0.25) is 4.99 Å². The second-order valence-corrected chi connectivity index (χ2v) is 7.33. The first-order valence-corrected chi connectivity index (χ1v) is 9.29. The number of alkyl carbamates (subject to hydrolysis) is 1. The first-order valence-electron chi connectivity index (χ1n) is 9.29. The van der Waals surface area contributed by atoms with Crippen LogP contribution < -0.4 is 20.7 Å². The summed E-state index contributed by atoms with van der Waals surface area (Å²) in [5.41, 5.74) is 0.646. The van der Waals surface area contributed by atoms with Crippen LogP contribution in [0.3, 0.4) is 0 Å². The van der Waals surface area contributed by atoms with Gasteiger partial charge in [-0.15, -0.1) is 24.0 Å². The maximum absolute atomic E-state index is 11.6. The molecule has 0 unspecified atom stereocenters. The van der Waals surface area contributed by atoms with Crippen molar-refractivity contribution in [2.24, 2.45) is 4.99 Å². The van der Waals surface area contributed by atoms with E-state index in [4.69, 9.17) is 9.47 Å². The zero-order valence-corrected chi connectivity index (χ0v) is 20.0. The van der Waals surface area contributed by atoms with Crippen LogP contribution in [0.15, 0.2) is 41.4 Å². The minimum absolute atomic E-state index is 0. The third-order valence-electron chi connectivity index (χ3n) is 3.88. The number of benzene rings is 2. The topological polar surface area (TPSA) is 84.0 Å². The molecule has 2 rings (SSSR count). The van der Waals surface area contributed by atoms with E-state index in [2.05, 4.69) is 39.1 Å². The van der Waals surface area contributed by atoms with Gasteiger partial charge in [0.2, 0.25) is 0 Å². The molecule has 3 N–H and O–H groups in total. The number of amides is 1. The van der Waals surface area contributed by atoms with Crippen LogP contribution in [0.1, 0.15) is 26.3 Å². The molecular weight excluding hydrogens is 483 g/mol. The Hall–Kier alpha value is -2.23. The van der Waals surface area contributed by atoms with E-state index in [0.717, 1.165) is 22.1 Å². The predicted octanol–water partition coefficient (Wildman–Crippen LogP) is 3.66. The maximum Gasteiger partial charge on any atom is 0.407 e. The molecule has 0 atom stereocenters. The molecule has 0 aliphatic rings. The zero-order chi connectivity index (χ0) is 20.6. The van der Waals surface area contributed by atoms with Gasteiger partial charge in [0.05, 0.1) is 7.11 Å². The van der Waals surface area contributed by atoms with E-state index in [1.807, 2.05) is 39.0 Å². The summed E-state index contributed by atoms with van der Waals surface area (Å²) in [6, 6.07) is 12.3. The summed E-state index contributed by atoms with van der Waals surface area (Å²) in [5, 5.41) is 11.4. The number of guanidine groups is 1. The lowest BCUT2D eigenvalue weighted by molar-refractivity contribution is 0.0529. The summed E-state index contributed by atoms with van der Waals surface area (Å²) in [5.74, 6) is 1.52. The first-order chi connectivity index (χ1) is 13.3. The van der Waals surface area contributed by atoms with Crippen LogP contribution >= 0.6 is 24.0 Å². The summed E-state index contributed by atoms with van der Waals surface area (Å²) >= 11 is 0. The second-order valence-electron chi connectivity index (χ2n) is 7.33. The molecule has 0 saturated heterocycles. The number of carbonyl (C=O) groups is 1. The fraction of sp³-hybridized carbons (Fsp3) is 0.429. The molecule has 29 heavy (non-hydrogen) atoms. The van der Waals surface area contributed by atoms with Crippen molar-refractivity contribution in [3.05, 3.63) is 42.0 Å². The Morgan fingerprint density at radius 1 is 1.00 bits per heavy atom. The lowest BCUT2D eigenvalue weighted by atomic mass is 10.1. The summed E-state index contributed by atoms with van der Waals surface area (Å²) in [6.45, 7) is 7.12. The quantitative estimate of drug-likeness (QED) is 0.237. The van der Waals surface area contributed by atoms with Gasteiger partial charge >= 0.3 is 6.09 Å². The Labute approximate surface area is 189 Å². The van der Waals surface area contributed by atoms with Crippen molar-refractivity contribution >= 4 is 46.8 Å². The highest BCUT2D eigenvalue weighted by Crippen LogP contribution is 2.21. The molecular formula is C21H31IN4O3. The summed E-state index contributed by atoms with van der Waals surface area (Å²) in [6.07, 6.45) is -0.426. The molecule has 0 fully saturated rings. The standard InChI is InChI=1S/C21H30N4O3.HI/c1-21(2,3)28-20(26)24-11-10-23-19(22-4)25-14-15-6-7-17-13-18(27-5)9-8-16(17)12-15;/h6-9,12-13H,10-11,14H2,1-5H3,(H,24,26)(H2,22,23,25);1H. The molecule has 8 heteroatoms. The highest BCUT2D eigenvalue weighted by atomic mass is 127. The largest absolute Gasteiger partial charge is 0.497 e. The van der Waals surface area contributed by atoms with E-state index in [1.165, 1.54) is 0 Å². The molecule has 0 aliphatic carbocycles. The lowest BCUT2D eigenvalue weighted by Crippen LogP contribution is -2.42. The van der Waals surface area contributed by atoms with Crippen molar-refractivity contribution in [2.75, 3.05) is 27.2 Å². The predicted molar refractivity (Wildman–Crippen MR) is 128 cm³/mol. The molecule has 0 heterocycles. The van der Waals surface area contributed by atoms with Crippen LogP contribution in [0.25, 0.3) is 10.8 Å². The molecule has 2 aromatic rings. The van der Waals surface area contributed by atoms with Gasteiger partial charge in [-0.1, -0.05) is 18.2 Å². The minimum Gasteiger partial charge on any atom is -0.497 e. The van der Waals surface area contributed by atoms with E-state index in [0.29, 0.717) is 25.6 Å². The fourth-order valence-electron chi connectivity index (χ4n) is 2.58. The number of carbonyl (C=O) groups excluding carboxylic acids is 1. The van der Waals surface area contributed by atoms with E-state index < -0.39 is 11.7 Å². The molecule has 1 amide bonds. The number of nitrogens with zero attached hydrogens (tertiary/aromatic N) is 1. The highest BCUT2D eigenvalue weighted by molar-refractivity contribution is 14.0. The monoisotopic (exact) mass is 514 g/mol. The van der Waals surface area contributed by atoms with Crippen LogP contribution in [-0.2, 0) is 11.3 Å². The average Bonchev–Trinajstić information content (AvgIpc) is 2.65. The molecule has 0 radical (unpaired) electrons. The van der Waals surface area contributed by atoms with Crippen molar-refractivity contribution < 1.29 is 14.3 Å². The number of hydrogen-bond donors (Lipinski definition) is 3. The highest BCUT2D eigenvalue weighted by Gasteiger charge is 2.15. The second kappa shape index (κ2) is 11.7. The Bertz CT molecular complexity index is 834. The van der Waals surface area contributed by atoms with Gasteiger partial charge in [0.1, 0.15) is 11.4 Å². The molecule has 0 aromatic heterocycles. The zero-order valence-electron chi connectivity index (χ0n) is 17.7. The van der Waals surface area contributed by atoms with Gasteiger partial charge in [0.25, 0.3) is 0 Å². The van der Waals surface area contributed by atoms with Gasteiger partial charge < -0.3 is 25.4 Å². The molecule has 7 nitrogen and oxygen atoms in total. The van der Waals surface area contributed by atoms with Gasteiger partial charge in [-0.25, -0.2) is 4.79 Å². The van der Waals surface area contributed by atoms with E-state index in [9.17, 15) is 4.79 Å². The molecule has 0 saturated carbocycles. The van der Waals surface area contributed by atoms with E-state index >= 15 is 0 Å². The van der Waals surface area contributed by atoms with E-state index in [-0.39, 0.29) is 24.0 Å². The summed E-state index contributed by atoms with van der Waals surface area (Å²) < 4.78 is 10.5. The van der Waals surface area contributed by atoms with Crippen LogP contribution in [-0.4, -0.2) is 44.9 Å². The van der Waals surface area contributed by atoms with Gasteiger partial charge in [-0.2, -0.15) is 0 Å². The average molecular weight is 514 g/mol. The van der Waals surface area contributed by atoms with Crippen LogP contribution in [0.4, 0.5) is 4.79 Å². The van der Waals surface area contributed by atoms with Crippen molar-refractivity contribution in [3.8, 4) is 5.75 Å².